The van der Waals surface area contributed by atoms with Crippen LogP contribution in [0.2, 0.25) is 0 Å². The maximum atomic E-state index is 13.6. The molecule has 1 heterocycles. The van der Waals surface area contributed by atoms with Crippen molar-refractivity contribution in [1.82, 2.24) is 4.90 Å². The second-order valence-electron chi connectivity index (χ2n) is 13.2. The van der Waals surface area contributed by atoms with Crippen molar-refractivity contribution in [1.29, 1.82) is 0 Å². The lowest BCUT2D eigenvalue weighted by Crippen LogP contribution is -2.62. The maximum Gasteiger partial charge on any atom is 0.343 e. The van der Waals surface area contributed by atoms with Gasteiger partial charge in [0.25, 0.3) is 0 Å². The van der Waals surface area contributed by atoms with E-state index in [0.29, 0.717) is 37.3 Å². The van der Waals surface area contributed by atoms with Gasteiger partial charge >= 0.3 is 5.97 Å². The van der Waals surface area contributed by atoms with Gasteiger partial charge in [0.1, 0.15) is 11.4 Å². The summed E-state index contributed by atoms with van der Waals surface area (Å²) in [7, 11) is 3.83. The van der Waals surface area contributed by atoms with Crippen LogP contribution in [0.1, 0.15) is 70.7 Å². The van der Waals surface area contributed by atoms with Crippen molar-refractivity contribution in [3.63, 3.8) is 0 Å². The number of hydrogen-bond acceptors (Lipinski definition) is 7. The number of aliphatic hydroxyl groups is 2. The predicted molar refractivity (Wildman–Crippen MR) is 149 cm³/mol. The van der Waals surface area contributed by atoms with Crippen LogP contribution in [-0.2, 0) is 14.2 Å². The number of ether oxygens (including phenoxy) is 3. The Kier molecular flexibility index (Phi) is 7.39. The number of carbonyl (C=O) groups excluding carboxylic acids is 1. The lowest BCUT2D eigenvalue weighted by atomic mass is 9.50. The molecule has 39 heavy (non-hydrogen) atoms. The fourth-order valence-electron chi connectivity index (χ4n) is 8.12. The highest BCUT2D eigenvalue weighted by molar-refractivity contribution is 5.90. The standard InChI is InChI=1S/C32H45NO6/c1-19-13-16-32(36)28(39-29(35)21-11-9-8-10-12-21)26-22-18-37-23(22)14-15-31(26,5)27(38-24(34)17-33(6)7)20(2)25(19)30(32,3)4/h8-12,20,22-24,27,34,36H,13-18H2,1-7H3/b28-26+/t20?,22?,23?,24-,27-,31-,32-/m1/s1. The zero-order chi connectivity index (χ0) is 28.3. The van der Waals surface area contributed by atoms with Crippen LogP contribution in [0.4, 0.5) is 0 Å². The highest BCUT2D eigenvalue weighted by Crippen LogP contribution is 2.63. The molecule has 214 valence electrons. The summed E-state index contributed by atoms with van der Waals surface area (Å²) in [6.07, 6.45) is 1.39. The smallest absolute Gasteiger partial charge is 0.343 e. The van der Waals surface area contributed by atoms with Gasteiger partial charge < -0.3 is 29.3 Å². The Labute approximate surface area is 232 Å². The Morgan fingerprint density at radius 1 is 1.15 bits per heavy atom. The number of likely N-dealkylation sites (N-methyl/N-ethyl adjacent to an activating group) is 1. The van der Waals surface area contributed by atoms with Crippen molar-refractivity contribution in [2.45, 2.75) is 84.4 Å². The number of benzene rings is 1. The summed E-state index contributed by atoms with van der Waals surface area (Å²) < 4.78 is 19.0. The van der Waals surface area contributed by atoms with Crippen molar-refractivity contribution in [2.24, 2.45) is 22.7 Å². The zero-order valence-corrected chi connectivity index (χ0v) is 24.5. The van der Waals surface area contributed by atoms with Gasteiger partial charge in [0.05, 0.1) is 24.4 Å². The quantitative estimate of drug-likeness (QED) is 0.308. The van der Waals surface area contributed by atoms with Crippen LogP contribution in [0.15, 0.2) is 52.8 Å². The van der Waals surface area contributed by atoms with Gasteiger partial charge in [0, 0.05) is 29.2 Å². The molecule has 1 aromatic rings. The molecular formula is C32H45NO6. The molecule has 1 saturated heterocycles. The van der Waals surface area contributed by atoms with Crippen LogP contribution in [0, 0.1) is 22.7 Å². The van der Waals surface area contributed by atoms with Gasteiger partial charge in [-0.2, -0.15) is 0 Å². The molecule has 0 radical (unpaired) electrons. The largest absolute Gasteiger partial charge is 0.424 e. The van der Waals surface area contributed by atoms with E-state index in [-0.39, 0.29) is 24.0 Å². The second-order valence-corrected chi connectivity index (χ2v) is 13.2. The van der Waals surface area contributed by atoms with E-state index in [1.807, 2.05) is 37.2 Å². The average Bonchev–Trinajstić information content (AvgIpc) is 2.85. The van der Waals surface area contributed by atoms with E-state index in [9.17, 15) is 15.0 Å². The molecule has 0 amide bonds. The summed E-state index contributed by atoms with van der Waals surface area (Å²) in [6, 6.07) is 8.97. The van der Waals surface area contributed by atoms with E-state index in [2.05, 4.69) is 34.6 Å². The molecule has 1 aromatic carbocycles. The third kappa shape index (κ3) is 4.51. The average molecular weight is 540 g/mol. The SMILES string of the molecule is CC1=C2C(C)[C@@H](O[C@@H](O)CN(C)C)[C@]3(C)CCC4OCC4/C3=C(\OC(=O)c3ccccc3)[C@](O)(CC1)C2(C)C. The Hall–Kier alpha value is -2.03. The molecule has 7 atom stereocenters. The Morgan fingerprint density at radius 3 is 2.46 bits per heavy atom. The Morgan fingerprint density at radius 2 is 1.85 bits per heavy atom. The minimum absolute atomic E-state index is 0.0139. The number of esters is 1. The molecule has 3 aliphatic carbocycles. The first-order valence-electron chi connectivity index (χ1n) is 14.4. The van der Waals surface area contributed by atoms with Crippen LogP contribution in [0.3, 0.4) is 0 Å². The van der Waals surface area contributed by atoms with Crippen molar-refractivity contribution in [2.75, 3.05) is 27.2 Å². The van der Waals surface area contributed by atoms with Crippen LogP contribution in [-0.4, -0.2) is 72.4 Å². The third-order valence-electron chi connectivity index (χ3n) is 10.1. The van der Waals surface area contributed by atoms with Crippen LogP contribution < -0.4 is 0 Å². The molecule has 3 unspecified atom stereocenters. The van der Waals surface area contributed by atoms with Gasteiger partial charge in [-0.3, -0.25) is 0 Å². The number of rotatable bonds is 6. The molecule has 0 aromatic heterocycles. The van der Waals surface area contributed by atoms with Crippen molar-refractivity contribution >= 4 is 5.97 Å². The van der Waals surface area contributed by atoms with E-state index < -0.39 is 28.7 Å². The molecule has 2 fully saturated rings. The summed E-state index contributed by atoms with van der Waals surface area (Å²) >= 11 is 0. The molecule has 7 nitrogen and oxygen atoms in total. The number of nitrogens with zero attached hydrogens (tertiary/aromatic N) is 1. The minimum atomic E-state index is -1.39. The van der Waals surface area contributed by atoms with Crippen molar-refractivity contribution in [3.05, 3.63) is 58.4 Å². The van der Waals surface area contributed by atoms with Crippen LogP contribution in [0.5, 0.6) is 0 Å². The third-order valence-corrected chi connectivity index (χ3v) is 10.1. The topological polar surface area (TPSA) is 88.5 Å². The lowest BCUT2D eigenvalue weighted by molar-refractivity contribution is -0.208. The number of fused-ring (bicyclic) bond motifs is 5. The van der Waals surface area contributed by atoms with Gasteiger partial charge in [-0.1, -0.05) is 57.0 Å². The normalized spacial score (nSPS) is 38.2. The van der Waals surface area contributed by atoms with Crippen molar-refractivity contribution in [3.8, 4) is 0 Å². The zero-order valence-electron chi connectivity index (χ0n) is 24.5. The van der Waals surface area contributed by atoms with Gasteiger partial charge in [-0.15, -0.1) is 0 Å². The molecule has 7 heteroatoms. The summed E-state index contributed by atoms with van der Waals surface area (Å²) in [5.74, 6) is -0.166. The van der Waals surface area contributed by atoms with Crippen molar-refractivity contribution < 1.29 is 29.2 Å². The molecule has 2 bridgehead atoms. The summed E-state index contributed by atoms with van der Waals surface area (Å²) in [5, 5.41) is 23.9. The number of allylic oxidation sites excluding steroid dienone is 1. The highest BCUT2D eigenvalue weighted by Gasteiger charge is 2.64. The van der Waals surface area contributed by atoms with E-state index in [4.69, 9.17) is 14.2 Å². The minimum Gasteiger partial charge on any atom is -0.424 e. The fraction of sp³-hybridized carbons (Fsp3) is 0.656. The first kappa shape index (κ1) is 28.5. The molecule has 1 saturated carbocycles. The highest BCUT2D eigenvalue weighted by atomic mass is 16.6. The van der Waals surface area contributed by atoms with Gasteiger partial charge in [-0.05, 0) is 64.4 Å². The number of aliphatic hydroxyl groups excluding tert-OH is 1. The van der Waals surface area contributed by atoms with Gasteiger partial charge in [-0.25, -0.2) is 4.79 Å². The second kappa shape index (κ2) is 10.1. The predicted octanol–water partition coefficient (Wildman–Crippen LogP) is 4.70. The number of carbonyl (C=O) groups is 1. The monoisotopic (exact) mass is 539 g/mol. The fourth-order valence-corrected chi connectivity index (χ4v) is 8.12. The molecule has 4 aliphatic rings. The van der Waals surface area contributed by atoms with E-state index in [0.717, 1.165) is 24.0 Å². The van der Waals surface area contributed by atoms with E-state index in [1.54, 1.807) is 12.1 Å². The summed E-state index contributed by atoms with van der Waals surface area (Å²) in [4.78, 5) is 15.5. The molecule has 5 rings (SSSR count). The molecule has 0 spiro atoms. The summed E-state index contributed by atoms with van der Waals surface area (Å²) in [6.45, 7) is 11.5. The van der Waals surface area contributed by atoms with Crippen LogP contribution in [0.25, 0.3) is 0 Å². The lowest BCUT2D eigenvalue weighted by Gasteiger charge is -2.61. The first-order valence-corrected chi connectivity index (χ1v) is 14.4. The molecular weight excluding hydrogens is 494 g/mol. The number of hydrogen-bond donors (Lipinski definition) is 2. The van der Waals surface area contributed by atoms with Gasteiger partial charge in [0.2, 0.25) is 0 Å². The van der Waals surface area contributed by atoms with Crippen LogP contribution >= 0.6 is 0 Å². The Bertz CT molecular complexity index is 1170. The molecule has 2 N–H and O–H groups in total. The summed E-state index contributed by atoms with van der Waals surface area (Å²) in [5.41, 5.74) is 1.02. The van der Waals surface area contributed by atoms with E-state index in [1.165, 1.54) is 5.57 Å². The first-order chi connectivity index (χ1) is 18.3. The Balaban J connectivity index is 1.75. The molecule has 1 aliphatic heterocycles. The van der Waals surface area contributed by atoms with Gasteiger partial charge in [0.15, 0.2) is 6.29 Å². The maximum absolute atomic E-state index is 13.6. The van der Waals surface area contributed by atoms with E-state index >= 15 is 0 Å².